The lowest BCUT2D eigenvalue weighted by Gasteiger charge is -2.22. The van der Waals surface area contributed by atoms with E-state index in [-0.39, 0.29) is 24.0 Å². The number of aromatic nitrogens is 3. The molecule has 0 fully saturated rings. The highest BCUT2D eigenvalue weighted by molar-refractivity contribution is 6.32. The number of anilines is 1. The first-order valence-electron chi connectivity index (χ1n) is 8.41. The molecule has 0 aromatic carbocycles. The third-order valence-corrected chi connectivity index (χ3v) is 4.10. The van der Waals surface area contributed by atoms with Crippen molar-refractivity contribution in [2.45, 2.75) is 26.7 Å². The largest absolute Gasteiger partial charge is 0.465 e. The summed E-state index contributed by atoms with van der Waals surface area (Å²) >= 11 is 6.22. The highest BCUT2D eigenvalue weighted by Crippen LogP contribution is 2.26. The molecule has 0 aliphatic carbocycles. The summed E-state index contributed by atoms with van der Waals surface area (Å²) in [6.45, 7) is 4.67. The number of carbonyl (C=O) groups is 2. The van der Waals surface area contributed by atoms with Gasteiger partial charge in [0.1, 0.15) is 5.69 Å². The quantitative estimate of drug-likeness (QED) is 0.761. The van der Waals surface area contributed by atoms with Gasteiger partial charge < -0.3 is 14.9 Å². The predicted molar refractivity (Wildman–Crippen MR) is 98.9 cm³/mol. The summed E-state index contributed by atoms with van der Waals surface area (Å²) in [6, 6.07) is 3.61. The molecule has 2 aromatic heterocycles. The highest BCUT2D eigenvalue weighted by Gasteiger charge is 2.21. The van der Waals surface area contributed by atoms with Crippen molar-refractivity contribution < 1.29 is 14.7 Å². The number of rotatable bonds is 8. The van der Waals surface area contributed by atoms with Crippen molar-refractivity contribution in [2.75, 3.05) is 24.5 Å². The Hall–Kier alpha value is -2.61. The standard InChI is InChI=1S/C17H22ClN5O3/c1-3-9-21(17(25)26)10-7-15(24)22(4-2)14-12-23(20-16(14)18)13-6-5-8-19-11-13/h5-6,8,11-12H,3-4,7,9-10H2,1-2H3,(H,25,26). The van der Waals surface area contributed by atoms with E-state index in [4.69, 9.17) is 16.7 Å². The average Bonchev–Trinajstić information content (AvgIpc) is 3.01. The van der Waals surface area contributed by atoms with Crippen molar-refractivity contribution in [1.29, 1.82) is 0 Å². The van der Waals surface area contributed by atoms with E-state index in [0.29, 0.717) is 25.2 Å². The van der Waals surface area contributed by atoms with E-state index in [1.165, 1.54) is 9.80 Å². The van der Waals surface area contributed by atoms with Crippen molar-refractivity contribution >= 4 is 29.3 Å². The second-order valence-corrected chi connectivity index (χ2v) is 5.98. The molecule has 26 heavy (non-hydrogen) atoms. The van der Waals surface area contributed by atoms with Gasteiger partial charge in [-0.15, -0.1) is 0 Å². The molecule has 0 aliphatic heterocycles. The minimum absolute atomic E-state index is 0.0779. The van der Waals surface area contributed by atoms with Crippen molar-refractivity contribution in [1.82, 2.24) is 19.7 Å². The van der Waals surface area contributed by atoms with Gasteiger partial charge >= 0.3 is 6.09 Å². The zero-order valence-electron chi connectivity index (χ0n) is 14.8. The van der Waals surface area contributed by atoms with E-state index >= 15 is 0 Å². The Morgan fingerprint density at radius 2 is 2.08 bits per heavy atom. The lowest BCUT2D eigenvalue weighted by Crippen LogP contribution is -2.37. The van der Waals surface area contributed by atoms with Gasteiger partial charge in [0.15, 0.2) is 5.15 Å². The molecule has 2 amide bonds. The fourth-order valence-electron chi connectivity index (χ4n) is 2.57. The fraction of sp³-hybridized carbons (Fsp3) is 0.412. The van der Waals surface area contributed by atoms with Crippen molar-refractivity contribution in [3.05, 3.63) is 35.9 Å². The van der Waals surface area contributed by atoms with Crippen molar-refractivity contribution in [3.8, 4) is 5.69 Å². The molecule has 0 unspecified atom stereocenters. The van der Waals surface area contributed by atoms with E-state index in [1.807, 2.05) is 19.9 Å². The number of carbonyl (C=O) groups excluding carboxylic acids is 1. The molecule has 2 heterocycles. The SMILES string of the molecule is CCCN(CCC(=O)N(CC)c1cn(-c2cccnc2)nc1Cl)C(=O)O. The van der Waals surface area contributed by atoms with Crippen LogP contribution in [-0.4, -0.2) is 56.4 Å². The van der Waals surface area contributed by atoms with Crippen LogP contribution in [0.5, 0.6) is 0 Å². The van der Waals surface area contributed by atoms with E-state index in [9.17, 15) is 9.59 Å². The number of nitrogens with zero attached hydrogens (tertiary/aromatic N) is 5. The summed E-state index contributed by atoms with van der Waals surface area (Å²) in [7, 11) is 0. The van der Waals surface area contributed by atoms with Crippen LogP contribution in [0.25, 0.3) is 5.69 Å². The molecule has 140 valence electrons. The summed E-state index contributed by atoms with van der Waals surface area (Å²) in [4.78, 5) is 30.6. The number of hydrogen-bond acceptors (Lipinski definition) is 4. The maximum Gasteiger partial charge on any atom is 0.407 e. The van der Waals surface area contributed by atoms with Gasteiger partial charge in [0.2, 0.25) is 5.91 Å². The minimum Gasteiger partial charge on any atom is -0.465 e. The van der Waals surface area contributed by atoms with Crippen LogP contribution in [0.4, 0.5) is 10.5 Å². The zero-order valence-corrected chi connectivity index (χ0v) is 15.6. The Balaban J connectivity index is 2.13. The Labute approximate surface area is 157 Å². The molecule has 1 N–H and O–H groups in total. The van der Waals surface area contributed by atoms with Gasteiger partial charge in [0.05, 0.1) is 18.1 Å². The molecule has 2 aromatic rings. The molecule has 0 radical (unpaired) electrons. The van der Waals surface area contributed by atoms with E-state index in [1.54, 1.807) is 29.3 Å². The van der Waals surface area contributed by atoms with E-state index in [0.717, 1.165) is 5.69 Å². The first-order valence-corrected chi connectivity index (χ1v) is 8.79. The molecule has 0 saturated heterocycles. The number of pyridine rings is 1. The molecule has 2 rings (SSSR count). The Kier molecular flexibility index (Phi) is 6.97. The number of hydrogen-bond donors (Lipinski definition) is 1. The fourth-order valence-corrected chi connectivity index (χ4v) is 2.80. The lowest BCUT2D eigenvalue weighted by atomic mass is 10.3. The van der Waals surface area contributed by atoms with Crippen LogP contribution in [0.15, 0.2) is 30.7 Å². The number of halogens is 1. The molecule has 8 nitrogen and oxygen atoms in total. The van der Waals surface area contributed by atoms with Gasteiger partial charge in [-0.2, -0.15) is 5.10 Å². The average molecular weight is 380 g/mol. The second kappa shape index (κ2) is 9.19. The third-order valence-electron chi connectivity index (χ3n) is 3.83. The van der Waals surface area contributed by atoms with Crippen LogP contribution in [0, 0.1) is 0 Å². The van der Waals surface area contributed by atoms with Gasteiger partial charge in [-0.3, -0.25) is 9.78 Å². The van der Waals surface area contributed by atoms with Crippen LogP contribution < -0.4 is 4.90 Å². The maximum absolute atomic E-state index is 12.6. The molecular formula is C17H22ClN5O3. The van der Waals surface area contributed by atoms with Gasteiger partial charge in [0.25, 0.3) is 0 Å². The topological polar surface area (TPSA) is 91.6 Å². The zero-order chi connectivity index (χ0) is 19.1. The van der Waals surface area contributed by atoms with Gasteiger partial charge in [0, 0.05) is 32.3 Å². The molecule has 0 saturated carbocycles. The van der Waals surface area contributed by atoms with Crippen LogP contribution in [-0.2, 0) is 4.79 Å². The molecule has 0 aliphatic rings. The van der Waals surface area contributed by atoms with Crippen molar-refractivity contribution in [3.63, 3.8) is 0 Å². The Bertz CT molecular complexity index is 750. The summed E-state index contributed by atoms with van der Waals surface area (Å²) < 4.78 is 1.56. The summed E-state index contributed by atoms with van der Waals surface area (Å²) in [5, 5.41) is 13.6. The van der Waals surface area contributed by atoms with Crippen LogP contribution in [0.3, 0.4) is 0 Å². The number of amides is 2. The maximum atomic E-state index is 12.6. The predicted octanol–water partition coefficient (Wildman–Crippen LogP) is 3.05. The smallest absolute Gasteiger partial charge is 0.407 e. The molecule has 0 atom stereocenters. The summed E-state index contributed by atoms with van der Waals surface area (Å²) in [5.74, 6) is -0.206. The van der Waals surface area contributed by atoms with Gasteiger partial charge in [-0.05, 0) is 25.5 Å². The van der Waals surface area contributed by atoms with E-state index < -0.39 is 6.09 Å². The van der Waals surface area contributed by atoms with Gasteiger partial charge in [-0.1, -0.05) is 18.5 Å². The van der Waals surface area contributed by atoms with Crippen molar-refractivity contribution in [2.24, 2.45) is 0 Å². The first-order chi connectivity index (χ1) is 12.5. The third kappa shape index (κ3) is 4.72. The summed E-state index contributed by atoms with van der Waals surface area (Å²) in [6.07, 6.45) is 4.71. The van der Waals surface area contributed by atoms with Crippen LogP contribution in [0.1, 0.15) is 26.7 Å². The Morgan fingerprint density at radius 3 is 2.65 bits per heavy atom. The first kappa shape index (κ1) is 19.7. The second-order valence-electron chi connectivity index (χ2n) is 5.62. The molecule has 0 bridgehead atoms. The summed E-state index contributed by atoms with van der Waals surface area (Å²) in [5.41, 5.74) is 1.21. The molecule has 0 spiro atoms. The van der Waals surface area contributed by atoms with E-state index in [2.05, 4.69) is 10.1 Å². The molecule has 9 heteroatoms. The number of carboxylic acid groups (broad SMARTS) is 1. The lowest BCUT2D eigenvalue weighted by molar-refractivity contribution is -0.118. The Morgan fingerprint density at radius 1 is 1.31 bits per heavy atom. The van der Waals surface area contributed by atoms with Crippen LogP contribution in [0.2, 0.25) is 5.15 Å². The van der Waals surface area contributed by atoms with Crippen LogP contribution >= 0.6 is 11.6 Å². The monoisotopic (exact) mass is 379 g/mol. The highest BCUT2D eigenvalue weighted by atomic mass is 35.5. The van der Waals surface area contributed by atoms with Gasteiger partial charge in [-0.25, -0.2) is 9.48 Å². The molecular weight excluding hydrogens is 358 g/mol. The minimum atomic E-state index is -1.02. The normalized spacial score (nSPS) is 10.6.